The van der Waals surface area contributed by atoms with Crippen molar-refractivity contribution in [1.29, 1.82) is 0 Å². The fourth-order valence-electron chi connectivity index (χ4n) is 1.73. The normalized spacial score (nSPS) is 12.7. The van der Waals surface area contributed by atoms with E-state index in [1.54, 1.807) is 29.1 Å². The van der Waals surface area contributed by atoms with Gasteiger partial charge in [-0.05, 0) is 35.0 Å². The van der Waals surface area contributed by atoms with Crippen molar-refractivity contribution in [3.8, 4) is 0 Å². The minimum Gasteiger partial charge on any atom is -0.382 e. The molecule has 1 N–H and O–H groups in total. The highest BCUT2D eigenvalue weighted by atomic mass is 79.9. The smallest absolute Gasteiger partial charge is 0.137 e. The lowest BCUT2D eigenvalue weighted by molar-refractivity contribution is 0.206. The third-order valence-corrected chi connectivity index (χ3v) is 3.44. The maximum Gasteiger partial charge on any atom is 0.137 e. The molecule has 1 atom stereocenters. The Kier molecular flexibility index (Phi) is 3.59. The van der Waals surface area contributed by atoms with Crippen LogP contribution in [0.4, 0.5) is 4.39 Å². The SMILES string of the molecule is CCn1nccc1C(O)c1cccc(F)c1Br. The van der Waals surface area contributed by atoms with E-state index in [9.17, 15) is 9.50 Å². The minimum atomic E-state index is -0.887. The van der Waals surface area contributed by atoms with Crippen LogP contribution in [-0.2, 0) is 6.54 Å². The van der Waals surface area contributed by atoms with Crippen LogP contribution in [0.25, 0.3) is 0 Å². The number of halogens is 2. The van der Waals surface area contributed by atoms with Gasteiger partial charge in [0, 0.05) is 18.3 Å². The van der Waals surface area contributed by atoms with Crippen LogP contribution in [0.3, 0.4) is 0 Å². The van der Waals surface area contributed by atoms with Crippen LogP contribution in [-0.4, -0.2) is 14.9 Å². The monoisotopic (exact) mass is 298 g/mol. The zero-order valence-corrected chi connectivity index (χ0v) is 10.9. The van der Waals surface area contributed by atoms with E-state index in [4.69, 9.17) is 0 Å². The number of aliphatic hydroxyl groups excluding tert-OH is 1. The van der Waals surface area contributed by atoms with Gasteiger partial charge in [0.25, 0.3) is 0 Å². The molecule has 0 aliphatic carbocycles. The van der Waals surface area contributed by atoms with Crippen molar-refractivity contribution in [2.24, 2.45) is 0 Å². The number of hydrogen-bond donors (Lipinski definition) is 1. The Hall–Kier alpha value is -1.20. The van der Waals surface area contributed by atoms with E-state index in [-0.39, 0.29) is 10.3 Å². The predicted octanol–water partition coefficient (Wildman–Crippen LogP) is 2.89. The summed E-state index contributed by atoms with van der Waals surface area (Å²) in [5.74, 6) is -0.385. The Balaban J connectivity index is 2.44. The molecule has 90 valence electrons. The first-order chi connectivity index (χ1) is 8.15. The van der Waals surface area contributed by atoms with Crippen molar-refractivity contribution in [2.45, 2.75) is 19.6 Å². The Labute approximate surface area is 107 Å². The topological polar surface area (TPSA) is 38.0 Å². The molecule has 1 heterocycles. The molecule has 0 bridgehead atoms. The van der Waals surface area contributed by atoms with Crippen LogP contribution in [0, 0.1) is 5.82 Å². The molecule has 5 heteroatoms. The van der Waals surface area contributed by atoms with Gasteiger partial charge in [-0.2, -0.15) is 5.10 Å². The van der Waals surface area contributed by atoms with Gasteiger partial charge in [-0.15, -0.1) is 0 Å². The van der Waals surface area contributed by atoms with Gasteiger partial charge in [-0.25, -0.2) is 4.39 Å². The quantitative estimate of drug-likeness (QED) is 0.946. The average molecular weight is 299 g/mol. The van der Waals surface area contributed by atoms with Crippen molar-refractivity contribution in [1.82, 2.24) is 9.78 Å². The molecule has 0 aliphatic rings. The second kappa shape index (κ2) is 4.98. The Morgan fingerprint density at radius 3 is 2.94 bits per heavy atom. The summed E-state index contributed by atoms with van der Waals surface area (Å²) in [7, 11) is 0. The van der Waals surface area contributed by atoms with Crippen LogP contribution >= 0.6 is 15.9 Å². The maximum atomic E-state index is 13.4. The standard InChI is InChI=1S/C12H12BrFN2O/c1-2-16-10(6-7-15-16)12(17)8-4-3-5-9(14)11(8)13/h3-7,12,17H,2H2,1H3. The van der Waals surface area contributed by atoms with Crippen LogP contribution in [0.5, 0.6) is 0 Å². The van der Waals surface area contributed by atoms with Crippen LogP contribution in [0.1, 0.15) is 24.3 Å². The highest BCUT2D eigenvalue weighted by Gasteiger charge is 2.18. The lowest BCUT2D eigenvalue weighted by atomic mass is 10.1. The Morgan fingerprint density at radius 2 is 2.24 bits per heavy atom. The summed E-state index contributed by atoms with van der Waals surface area (Å²) in [6.07, 6.45) is 0.734. The first-order valence-electron chi connectivity index (χ1n) is 5.28. The fraction of sp³-hybridized carbons (Fsp3) is 0.250. The zero-order valence-electron chi connectivity index (χ0n) is 9.27. The molecule has 2 rings (SSSR count). The summed E-state index contributed by atoms with van der Waals surface area (Å²) in [5.41, 5.74) is 1.15. The summed E-state index contributed by atoms with van der Waals surface area (Å²) < 4.78 is 15.4. The summed E-state index contributed by atoms with van der Waals surface area (Å²) in [6.45, 7) is 2.59. The number of rotatable bonds is 3. The molecule has 17 heavy (non-hydrogen) atoms. The van der Waals surface area contributed by atoms with E-state index in [1.165, 1.54) is 6.07 Å². The Bertz CT molecular complexity index is 527. The molecule has 1 unspecified atom stereocenters. The number of nitrogens with zero attached hydrogens (tertiary/aromatic N) is 2. The molecule has 2 aromatic rings. The van der Waals surface area contributed by atoms with E-state index < -0.39 is 6.10 Å². The van der Waals surface area contributed by atoms with Gasteiger partial charge in [0.1, 0.15) is 11.9 Å². The summed E-state index contributed by atoms with van der Waals surface area (Å²) in [6, 6.07) is 6.33. The van der Waals surface area contributed by atoms with Crippen molar-refractivity contribution in [3.05, 3.63) is 52.0 Å². The molecule has 1 aromatic carbocycles. The van der Waals surface area contributed by atoms with Gasteiger partial charge in [0.2, 0.25) is 0 Å². The van der Waals surface area contributed by atoms with E-state index in [2.05, 4.69) is 21.0 Å². The zero-order chi connectivity index (χ0) is 12.4. The molecule has 0 radical (unpaired) electrons. The summed E-state index contributed by atoms with van der Waals surface area (Å²) in [4.78, 5) is 0. The lowest BCUT2D eigenvalue weighted by Gasteiger charge is -2.14. The fourth-order valence-corrected chi connectivity index (χ4v) is 2.21. The van der Waals surface area contributed by atoms with E-state index in [1.807, 2.05) is 6.92 Å². The van der Waals surface area contributed by atoms with Crippen molar-refractivity contribution in [3.63, 3.8) is 0 Å². The molecule has 0 amide bonds. The summed E-state index contributed by atoms with van der Waals surface area (Å²) >= 11 is 3.15. The van der Waals surface area contributed by atoms with E-state index >= 15 is 0 Å². The maximum absolute atomic E-state index is 13.4. The predicted molar refractivity (Wildman–Crippen MR) is 66.1 cm³/mol. The van der Waals surface area contributed by atoms with E-state index in [0.717, 1.165) is 0 Å². The van der Waals surface area contributed by atoms with Crippen molar-refractivity contribution in [2.75, 3.05) is 0 Å². The van der Waals surface area contributed by atoms with Crippen molar-refractivity contribution < 1.29 is 9.50 Å². The van der Waals surface area contributed by atoms with Gasteiger partial charge >= 0.3 is 0 Å². The third kappa shape index (κ3) is 2.25. The molecule has 0 saturated heterocycles. The van der Waals surface area contributed by atoms with Gasteiger partial charge in [-0.1, -0.05) is 12.1 Å². The largest absolute Gasteiger partial charge is 0.382 e. The molecular formula is C12H12BrFN2O. The second-order valence-electron chi connectivity index (χ2n) is 3.62. The molecule has 3 nitrogen and oxygen atoms in total. The summed E-state index contributed by atoms with van der Waals surface area (Å²) in [5, 5.41) is 14.3. The Morgan fingerprint density at radius 1 is 1.47 bits per heavy atom. The van der Waals surface area contributed by atoms with E-state index in [0.29, 0.717) is 17.8 Å². The molecule has 0 saturated carbocycles. The molecule has 1 aromatic heterocycles. The molecule has 0 spiro atoms. The number of aliphatic hydroxyl groups is 1. The lowest BCUT2D eigenvalue weighted by Crippen LogP contribution is -2.09. The van der Waals surface area contributed by atoms with Crippen LogP contribution in [0.15, 0.2) is 34.9 Å². The van der Waals surface area contributed by atoms with Crippen LogP contribution in [0.2, 0.25) is 0 Å². The minimum absolute atomic E-state index is 0.288. The van der Waals surface area contributed by atoms with Gasteiger partial charge in [-0.3, -0.25) is 4.68 Å². The highest BCUT2D eigenvalue weighted by molar-refractivity contribution is 9.10. The number of hydrogen-bond acceptors (Lipinski definition) is 2. The average Bonchev–Trinajstić information content (AvgIpc) is 2.80. The van der Waals surface area contributed by atoms with Gasteiger partial charge in [0.15, 0.2) is 0 Å². The molecule has 0 fully saturated rings. The number of aryl methyl sites for hydroxylation is 1. The van der Waals surface area contributed by atoms with Gasteiger partial charge < -0.3 is 5.11 Å². The number of benzene rings is 1. The number of aromatic nitrogens is 2. The molecular weight excluding hydrogens is 287 g/mol. The van der Waals surface area contributed by atoms with Gasteiger partial charge in [0.05, 0.1) is 10.2 Å². The third-order valence-electron chi connectivity index (χ3n) is 2.61. The molecule has 0 aliphatic heterocycles. The van der Waals surface area contributed by atoms with Crippen molar-refractivity contribution >= 4 is 15.9 Å². The second-order valence-corrected chi connectivity index (χ2v) is 4.41. The first kappa shape index (κ1) is 12.3. The first-order valence-corrected chi connectivity index (χ1v) is 6.08. The highest BCUT2D eigenvalue weighted by Crippen LogP contribution is 2.30. The van der Waals surface area contributed by atoms with Crippen LogP contribution < -0.4 is 0 Å².